The second-order valence-corrected chi connectivity index (χ2v) is 9.11. The molecule has 2 N–H and O–H groups in total. The topological polar surface area (TPSA) is 348 Å². The second kappa shape index (κ2) is 23.9. The van der Waals surface area contributed by atoms with E-state index >= 15 is 0 Å². The van der Waals surface area contributed by atoms with Crippen LogP contribution in [-0.4, -0.2) is 107 Å². The summed E-state index contributed by atoms with van der Waals surface area (Å²) in [4.78, 5) is 81.0. The molecule has 0 aromatic heterocycles. The molecule has 0 heterocycles. The zero-order valence-electron chi connectivity index (χ0n) is 23.8. The van der Waals surface area contributed by atoms with E-state index in [4.69, 9.17) is 14.9 Å². The first-order valence-electron chi connectivity index (χ1n) is 10.6. The van der Waals surface area contributed by atoms with Gasteiger partial charge in [-0.1, -0.05) is 0 Å². The molecule has 0 aliphatic rings. The maximum atomic E-state index is 10.7. The third-order valence-electron chi connectivity index (χ3n) is 3.99. The Bertz CT molecular complexity index is 865. The molecule has 0 rings (SSSR count). The Morgan fingerprint density at radius 3 is 1.00 bits per heavy atom. The van der Waals surface area contributed by atoms with E-state index in [1.54, 1.807) is 0 Å². The number of aliphatic hydroxyl groups is 2. The molecule has 43 heavy (non-hydrogen) atoms. The van der Waals surface area contributed by atoms with Crippen LogP contribution in [0.15, 0.2) is 0 Å². The smallest absolute Gasteiger partial charge is 0.550 e. The van der Waals surface area contributed by atoms with Crippen LogP contribution in [0, 0.1) is 0 Å². The van der Waals surface area contributed by atoms with Gasteiger partial charge in [0.25, 0.3) is 0 Å². The zero-order chi connectivity index (χ0) is 32.6. The van der Waals surface area contributed by atoms with Crippen LogP contribution < -0.4 is 35.7 Å². The van der Waals surface area contributed by atoms with Crippen molar-refractivity contribution in [2.75, 3.05) is 27.7 Å². The number of esters is 1. The molecule has 0 amide bonds. The fourth-order valence-electron chi connectivity index (χ4n) is 2.54. The van der Waals surface area contributed by atoms with Crippen LogP contribution in [0.25, 0.3) is 0 Å². The van der Waals surface area contributed by atoms with Crippen LogP contribution in [-0.2, 0) is 102 Å². The van der Waals surface area contributed by atoms with E-state index in [2.05, 4.69) is 0 Å². The Morgan fingerprint density at radius 2 is 0.860 bits per heavy atom. The molecule has 1 atom stereocenters. The van der Waals surface area contributed by atoms with Gasteiger partial charge in [0, 0.05) is 68.9 Å². The fourth-order valence-corrected chi connectivity index (χ4v) is 2.54. The molecule has 0 unspecified atom stereocenters. The summed E-state index contributed by atoms with van der Waals surface area (Å²) in [5, 5.41) is 88.2. The molecular formula is C21H27NO18Zn3. The van der Waals surface area contributed by atoms with Crippen LogP contribution in [0.2, 0.25) is 0 Å². The third kappa shape index (κ3) is 30.8. The normalized spacial score (nSPS) is 10.9. The van der Waals surface area contributed by atoms with Gasteiger partial charge in [0.2, 0.25) is 0 Å². The van der Waals surface area contributed by atoms with Gasteiger partial charge in [0.1, 0.15) is 17.7 Å². The van der Waals surface area contributed by atoms with Gasteiger partial charge in [-0.05, 0) is 0 Å². The predicted molar refractivity (Wildman–Crippen MR) is 106 cm³/mol. The Labute approximate surface area is 282 Å². The summed E-state index contributed by atoms with van der Waals surface area (Å²) < 4.78 is 5.39. The maximum absolute atomic E-state index is 10.7. The van der Waals surface area contributed by atoms with Gasteiger partial charge in [0.15, 0.2) is 6.10 Å². The van der Waals surface area contributed by atoms with Crippen LogP contribution in [0.4, 0.5) is 0 Å². The molecule has 0 fully saturated rings. The Kier molecular flexibility index (Phi) is 29.5. The second-order valence-electron chi connectivity index (χ2n) is 9.11. The molecule has 0 saturated carbocycles. The number of quaternary nitrogens is 1. The number of carboxylic acid groups (broad SMARTS) is 7. The molecule has 0 saturated heterocycles. The maximum Gasteiger partial charge on any atom is 2.00 e. The molecule has 22 heteroatoms. The Hall–Kier alpha value is -2.49. The number of hydrogen-bond acceptors (Lipinski definition) is 18. The van der Waals surface area contributed by atoms with E-state index in [9.17, 15) is 74.1 Å². The third-order valence-corrected chi connectivity index (χ3v) is 3.99. The summed E-state index contributed by atoms with van der Waals surface area (Å²) in [6.07, 6.45) is -6.30. The SMILES string of the molecule is CC(=O)O[C@H](CC(=O)[O-])C[N+](C)(C)C.O=C([O-])CC(O)(CC(=O)[O-])C(=O)[O-].O=C([O-])CC(O)(CC(=O)[O-])C(=O)[O-].[Zn+2].[Zn+2].[Zn+2]. The minimum Gasteiger partial charge on any atom is -0.550 e. The number of ether oxygens (including phenoxy) is 1. The predicted octanol–water partition coefficient (Wildman–Crippen LogP) is -11.7. The van der Waals surface area contributed by atoms with Gasteiger partial charge in [-0.2, -0.15) is 0 Å². The minimum absolute atomic E-state index is 0. The summed E-state index contributed by atoms with van der Waals surface area (Å²) in [5.74, 6) is -13.6. The van der Waals surface area contributed by atoms with E-state index in [1.165, 1.54) is 6.92 Å². The molecule has 0 aromatic rings. The fraction of sp³-hybridized carbons (Fsp3) is 0.619. The number of nitrogens with zero attached hydrogens (tertiary/aromatic N) is 1. The van der Waals surface area contributed by atoms with Gasteiger partial charge in [-0.3, -0.25) is 4.79 Å². The summed E-state index contributed by atoms with van der Waals surface area (Å²) in [7, 11) is 5.68. The number of likely N-dealkylation sites (N-methyl/N-ethyl adjacent to an activating group) is 1. The molecule has 0 spiro atoms. The summed E-state index contributed by atoms with van der Waals surface area (Å²) in [6, 6.07) is 0. The van der Waals surface area contributed by atoms with Crippen molar-refractivity contribution in [1.82, 2.24) is 0 Å². The van der Waals surface area contributed by atoms with Crippen molar-refractivity contribution >= 4 is 47.8 Å². The first kappa shape index (κ1) is 53.1. The summed E-state index contributed by atoms with van der Waals surface area (Å²) in [6.45, 7) is 1.71. The van der Waals surface area contributed by atoms with Crippen molar-refractivity contribution in [3.63, 3.8) is 0 Å². The van der Waals surface area contributed by atoms with Crippen molar-refractivity contribution in [3.05, 3.63) is 0 Å². The average Bonchev–Trinajstić information content (AvgIpc) is 2.63. The number of aliphatic carboxylic acids is 7. The quantitative estimate of drug-likeness (QED) is 0.0885. The van der Waals surface area contributed by atoms with Gasteiger partial charge >= 0.3 is 64.4 Å². The summed E-state index contributed by atoms with van der Waals surface area (Å²) >= 11 is 0. The molecule has 0 aliphatic heterocycles. The van der Waals surface area contributed by atoms with Crippen molar-refractivity contribution in [2.45, 2.75) is 56.3 Å². The van der Waals surface area contributed by atoms with Crippen molar-refractivity contribution in [2.24, 2.45) is 0 Å². The van der Waals surface area contributed by atoms with E-state index in [0.717, 1.165) is 0 Å². The van der Waals surface area contributed by atoms with Gasteiger partial charge in [0.05, 0.1) is 33.1 Å². The first-order valence-corrected chi connectivity index (χ1v) is 10.6. The number of hydrogen-bond donors (Lipinski definition) is 2. The van der Waals surface area contributed by atoms with E-state index < -0.39 is 90.7 Å². The Morgan fingerprint density at radius 1 is 0.605 bits per heavy atom. The van der Waals surface area contributed by atoms with E-state index in [0.29, 0.717) is 11.0 Å². The molecule has 230 valence electrons. The average molecular weight is 778 g/mol. The van der Waals surface area contributed by atoms with E-state index in [1.807, 2.05) is 21.1 Å². The minimum atomic E-state index is -2.97. The summed E-state index contributed by atoms with van der Waals surface area (Å²) in [5.41, 5.74) is -5.95. The van der Waals surface area contributed by atoms with Gasteiger partial charge in [-0.25, -0.2) is 0 Å². The van der Waals surface area contributed by atoms with Crippen LogP contribution in [0.1, 0.15) is 39.0 Å². The van der Waals surface area contributed by atoms with Crippen molar-refractivity contribution in [3.8, 4) is 0 Å². The first-order chi connectivity index (χ1) is 17.8. The monoisotopic (exact) mass is 773 g/mol. The number of carbonyl (C=O) groups is 8. The largest absolute Gasteiger partial charge is 2.00 e. The van der Waals surface area contributed by atoms with Gasteiger partial charge in [-0.15, -0.1) is 0 Å². The number of carboxylic acids is 7. The Balaban J connectivity index is -0.000000115. The zero-order valence-corrected chi connectivity index (χ0v) is 32.7. The molecule has 19 nitrogen and oxygen atoms in total. The van der Waals surface area contributed by atoms with Crippen LogP contribution in [0.3, 0.4) is 0 Å². The van der Waals surface area contributed by atoms with Crippen molar-refractivity contribution < 1.29 is 152 Å². The van der Waals surface area contributed by atoms with Crippen molar-refractivity contribution in [1.29, 1.82) is 0 Å². The van der Waals surface area contributed by atoms with Gasteiger partial charge < -0.3 is 88.7 Å². The van der Waals surface area contributed by atoms with E-state index in [-0.39, 0.29) is 64.9 Å². The molecule has 0 aliphatic carbocycles. The molecular weight excluding hydrogens is 750 g/mol. The standard InChI is InChI=1S/C9H17NO4.2C6H8O7.3Zn/c1-7(11)14-8(5-9(12)13)6-10(2,3)4;2*7-3(8)1-6(13,5(11)12)2-4(9)10;;;/h8H,5-6H2,1-4H3;2*13H,1-2H2,(H,7,8)(H,9,10)(H,11,12);;;/q;;;3*+2/p-6/t8-;;;;;/m1...../s1. The number of rotatable bonds is 15. The van der Waals surface area contributed by atoms with Crippen LogP contribution in [0.5, 0.6) is 0 Å². The van der Waals surface area contributed by atoms with Crippen LogP contribution >= 0.6 is 0 Å². The number of carbonyl (C=O) groups excluding carboxylic acids is 8. The molecule has 0 aromatic carbocycles. The molecule has 0 radical (unpaired) electrons. The molecule has 0 bridgehead atoms.